The fraction of sp³-hybridized carbons (Fsp3) is 0.611. The molecule has 1 fully saturated rings. The molecule has 25 heavy (non-hydrogen) atoms. The molecule has 0 aromatic heterocycles. The van der Waals surface area contributed by atoms with E-state index < -0.39 is 4.92 Å². The van der Waals surface area contributed by atoms with Crippen molar-refractivity contribution in [3.05, 3.63) is 33.9 Å². The molecule has 2 N–H and O–H groups in total. The Hall–Kier alpha value is -2.15. The molecule has 2 rings (SSSR count). The molecule has 1 saturated heterocycles. The zero-order chi connectivity index (χ0) is 18.6. The zero-order valence-corrected chi connectivity index (χ0v) is 15.4. The molecule has 1 amide bonds. The third kappa shape index (κ3) is 5.16. The number of nitro benzene ring substituents is 1. The van der Waals surface area contributed by atoms with Gasteiger partial charge < -0.3 is 15.5 Å². The molecule has 0 spiro atoms. The van der Waals surface area contributed by atoms with Gasteiger partial charge in [-0.25, -0.2) is 0 Å². The first-order valence-corrected chi connectivity index (χ1v) is 8.79. The number of anilines is 1. The van der Waals surface area contributed by atoms with Gasteiger partial charge in [0.1, 0.15) is 0 Å². The number of amides is 1. The largest absolute Gasteiger partial charge is 0.381 e. The van der Waals surface area contributed by atoms with Crippen LogP contribution in [0.2, 0.25) is 0 Å². The van der Waals surface area contributed by atoms with Crippen LogP contribution in [0, 0.1) is 22.0 Å². The predicted octanol–water partition coefficient (Wildman–Crippen LogP) is 2.73. The highest BCUT2D eigenvalue weighted by molar-refractivity contribution is 6.00. The van der Waals surface area contributed by atoms with Crippen molar-refractivity contribution in [1.82, 2.24) is 10.2 Å². The number of nitrogens with zero attached hydrogens (tertiary/aromatic N) is 2. The topological polar surface area (TPSA) is 87.5 Å². The van der Waals surface area contributed by atoms with Gasteiger partial charge in [-0.3, -0.25) is 14.9 Å². The van der Waals surface area contributed by atoms with Gasteiger partial charge in [0.15, 0.2) is 0 Å². The number of hydrogen-bond acceptors (Lipinski definition) is 5. The summed E-state index contributed by atoms with van der Waals surface area (Å²) in [6, 6.07) is 4.48. The Morgan fingerprint density at radius 3 is 2.56 bits per heavy atom. The van der Waals surface area contributed by atoms with E-state index in [1.165, 1.54) is 25.6 Å². The predicted molar refractivity (Wildman–Crippen MR) is 99.0 cm³/mol. The summed E-state index contributed by atoms with van der Waals surface area (Å²) in [6.45, 7) is 9.66. The molecule has 3 atom stereocenters. The van der Waals surface area contributed by atoms with Gasteiger partial charge in [0.05, 0.1) is 10.5 Å². The van der Waals surface area contributed by atoms with Crippen LogP contribution < -0.4 is 10.6 Å². The van der Waals surface area contributed by atoms with Crippen LogP contribution in [0.1, 0.15) is 37.6 Å². The average molecular weight is 348 g/mol. The minimum Gasteiger partial charge on any atom is -0.381 e. The van der Waals surface area contributed by atoms with Crippen LogP contribution in [0.5, 0.6) is 0 Å². The Kier molecular flexibility index (Phi) is 6.36. The summed E-state index contributed by atoms with van der Waals surface area (Å²) in [7, 11) is 1.52. The van der Waals surface area contributed by atoms with Gasteiger partial charge in [0.2, 0.25) is 0 Å². The van der Waals surface area contributed by atoms with Crippen molar-refractivity contribution < 1.29 is 9.72 Å². The monoisotopic (exact) mass is 348 g/mol. The van der Waals surface area contributed by atoms with E-state index in [9.17, 15) is 14.9 Å². The highest BCUT2D eigenvalue weighted by Crippen LogP contribution is 2.24. The second-order valence-corrected chi connectivity index (χ2v) is 7.28. The maximum Gasteiger partial charge on any atom is 0.270 e. The van der Waals surface area contributed by atoms with Crippen molar-refractivity contribution >= 4 is 17.3 Å². The molecule has 1 aromatic rings. The Labute approximate surface area is 148 Å². The third-order valence-corrected chi connectivity index (χ3v) is 4.56. The molecular formula is C18H28N4O3. The highest BCUT2D eigenvalue weighted by atomic mass is 16.6. The van der Waals surface area contributed by atoms with Crippen molar-refractivity contribution in [2.45, 2.75) is 33.2 Å². The molecule has 0 bridgehead atoms. The van der Waals surface area contributed by atoms with Gasteiger partial charge in [0, 0.05) is 50.5 Å². The Morgan fingerprint density at radius 1 is 1.36 bits per heavy atom. The van der Waals surface area contributed by atoms with Crippen LogP contribution in [-0.4, -0.2) is 48.5 Å². The first kappa shape index (κ1) is 19.2. The van der Waals surface area contributed by atoms with Crippen LogP contribution in [0.25, 0.3) is 0 Å². The molecule has 0 saturated carbocycles. The molecule has 1 aliphatic heterocycles. The Bertz CT molecular complexity index is 625. The van der Waals surface area contributed by atoms with Gasteiger partial charge in [-0.2, -0.15) is 0 Å². The summed E-state index contributed by atoms with van der Waals surface area (Å²) in [6.07, 6.45) is 1.27. The fourth-order valence-electron chi connectivity index (χ4n) is 3.73. The van der Waals surface area contributed by atoms with Crippen LogP contribution in [0.4, 0.5) is 11.4 Å². The van der Waals surface area contributed by atoms with Gasteiger partial charge in [-0.15, -0.1) is 0 Å². The molecule has 1 aromatic carbocycles. The summed E-state index contributed by atoms with van der Waals surface area (Å²) >= 11 is 0. The van der Waals surface area contributed by atoms with E-state index in [0.717, 1.165) is 19.6 Å². The van der Waals surface area contributed by atoms with Gasteiger partial charge in [-0.05, 0) is 31.2 Å². The summed E-state index contributed by atoms with van der Waals surface area (Å²) in [5.41, 5.74) is 0.829. The fourth-order valence-corrected chi connectivity index (χ4v) is 3.73. The minimum absolute atomic E-state index is 0.0875. The molecule has 138 valence electrons. The molecule has 1 aliphatic rings. The van der Waals surface area contributed by atoms with E-state index in [1.807, 2.05) is 0 Å². The SMILES string of the molecule is CNC(=O)c1cc([N+](=O)[O-])ccc1NC(C)CN1CC(C)CC(C)C1. The standard InChI is InChI=1S/C18H28N4O3/c1-12-7-13(2)10-21(9-12)11-14(3)20-17-6-5-15(22(24)25)8-16(17)18(23)19-4/h5-6,8,12-14,20H,7,9-11H2,1-4H3,(H,19,23). The van der Waals surface area contributed by atoms with Crippen LogP contribution in [0.15, 0.2) is 18.2 Å². The lowest BCUT2D eigenvalue weighted by Crippen LogP contribution is -2.43. The maximum absolute atomic E-state index is 12.1. The summed E-state index contributed by atoms with van der Waals surface area (Å²) in [5, 5.41) is 16.9. The van der Waals surface area contributed by atoms with E-state index >= 15 is 0 Å². The van der Waals surface area contributed by atoms with Crippen LogP contribution >= 0.6 is 0 Å². The molecule has 7 heteroatoms. The van der Waals surface area contributed by atoms with E-state index in [2.05, 4.69) is 36.3 Å². The van der Waals surface area contributed by atoms with E-state index in [-0.39, 0.29) is 17.6 Å². The molecule has 7 nitrogen and oxygen atoms in total. The first-order chi connectivity index (χ1) is 11.8. The smallest absolute Gasteiger partial charge is 0.270 e. The van der Waals surface area contributed by atoms with E-state index in [1.54, 1.807) is 6.07 Å². The lowest BCUT2D eigenvalue weighted by Gasteiger charge is -2.36. The van der Waals surface area contributed by atoms with E-state index in [4.69, 9.17) is 0 Å². The van der Waals surface area contributed by atoms with Crippen LogP contribution in [-0.2, 0) is 0 Å². The van der Waals surface area contributed by atoms with Gasteiger partial charge in [-0.1, -0.05) is 13.8 Å². The normalized spacial score (nSPS) is 22.2. The average Bonchev–Trinajstić information content (AvgIpc) is 2.53. The van der Waals surface area contributed by atoms with Crippen molar-refractivity contribution in [2.75, 3.05) is 32.0 Å². The lowest BCUT2D eigenvalue weighted by molar-refractivity contribution is -0.384. The molecular weight excluding hydrogens is 320 g/mol. The molecule has 1 heterocycles. The van der Waals surface area contributed by atoms with Gasteiger partial charge in [0.25, 0.3) is 11.6 Å². The highest BCUT2D eigenvalue weighted by Gasteiger charge is 2.23. The number of rotatable bonds is 6. The lowest BCUT2D eigenvalue weighted by atomic mass is 9.91. The van der Waals surface area contributed by atoms with Gasteiger partial charge >= 0.3 is 0 Å². The second kappa shape index (κ2) is 8.29. The number of carbonyl (C=O) groups excluding carboxylic acids is 1. The van der Waals surface area contributed by atoms with Crippen molar-refractivity contribution in [3.8, 4) is 0 Å². The van der Waals surface area contributed by atoms with E-state index in [0.29, 0.717) is 23.1 Å². The quantitative estimate of drug-likeness (QED) is 0.610. The number of likely N-dealkylation sites (tertiary alicyclic amines) is 1. The van der Waals surface area contributed by atoms with Crippen LogP contribution in [0.3, 0.4) is 0 Å². The minimum atomic E-state index is -0.490. The Morgan fingerprint density at radius 2 is 2.00 bits per heavy atom. The molecule has 0 aliphatic carbocycles. The number of benzene rings is 1. The Balaban J connectivity index is 2.10. The number of nitrogens with one attached hydrogen (secondary N) is 2. The van der Waals surface area contributed by atoms with Crippen molar-refractivity contribution in [1.29, 1.82) is 0 Å². The molecule has 3 unspecified atom stereocenters. The zero-order valence-electron chi connectivity index (χ0n) is 15.4. The van der Waals surface area contributed by atoms with Crippen molar-refractivity contribution in [3.63, 3.8) is 0 Å². The third-order valence-electron chi connectivity index (χ3n) is 4.56. The number of piperidine rings is 1. The summed E-state index contributed by atoms with van der Waals surface area (Å²) < 4.78 is 0. The number of non-ortho nitro benzene ring substituents is 1. The van der Waals surface area contributed by atoms with Crippen molar-refractivity contribution in [2.24, 2.45) is 11.8 Å². The number of hydrogen-bond donors (Lipinski definition) is 2. The first-order valence-electron chi connectivity index (χ1n) is 8.79. The summed E-state index contributed by atoms with van der Waals surface area (Å²) in [4.78, 5) is 25.0. The second-order valence-electron chi connectivity index (χ2n) is 7.28. The maximum atomic E-state index is 12.1. The summed E-state index contributed by atoms with van der Waals surface area (Å²) in [5.74, 6) is 1.05. The molecule has 0 radical (unpaired) electrons. The number of nitro groups is 1. The number of carbonyl (C=O) groups is 1.